The maximum Gasteiger partial charge on any atom is 0.414 e. The Kier molecular flexibility index (Phi) is 3.81. The molecule has 0 aliphatic heterocycles. The highest BCUT2D eigenvalue weighted by Crippen LogP contribution is 2.40. The zero-order valence-electron chi connectivity index (χ0n) is 9.27. The van der Waals surface area contributed by atoms with Crippen molar-refractivity contribution >= 4 is 0 Å². The average Bonchev–Trinajstić information content (AvgIpc) is 3.02. The summed E-state index contributed by atoms with van der Waals surface area (Å²) in [6.07, 6.45) is -4.50. The van der Waals surface area contributed by atoms with E-state index in [1.807, 2.05) is 6.07 Å². The van der Waals surface area contributed by atoms with Gasteiger partial charge >= 0.3 is 6.18 Å². The van der Waals surface area contributed by atoms with E-state index in [0.29, 0.717) is 0 Å². The molecular weight excluding hydrogens is 221 g/mol. The van der Waals surface area contributed by atoms with Gasteiger partial charge in [-0.2, -0.15) is 18.4 Å². The van der Waals surface area contributed by atoms with Crippen molar-refractivity contribution in [1.82, 2.24) is 5.32 Å². The van der Waals surface area contributed by atoms with Crippen LogP contribution in [0.15, 0.2) is 0 Å². The van der Waals surface area contributed by atoms with Crippen LogP contribution in [0.3, 0.4) is 0 Å². The molecule has 0 aromatic rings. The van der Waals surface area contributed by atoms with Crippen molar-refractivity contribution in [2.75, 3.05) is 13.7 Å². The third-order valence-corrected chi connectivity index (χ3v) is 2.94. The Bertz CT molecular complexity index is 283. The zero-order chi connectivity index (χ0) is 12.4. The van der Waals surface area contributed by atoms with Gasteiger partial charge in [-0.05, 0) is 32.7 Å². The van der Waals surface area contributed by atoms with E-state index >= 15 is 0 Å². The number of ether oxygens (including phenoxy) is 1. The lowest BCUT2D eigenvalue weighted by Crippen LogP contribution is -2.49. The Morgan fingerprint density at radius 1 is 1.50 bits per heavy atom. The van der Waals surface area contributed by atoms with Crippen molar-refractivity contribution in [2.45, 2.75) is 37.6 Å². The van der Waals surface area contributed by atoms with Crippen LogP contribution in [0.1, 0.15) is 19.8 Å². The SMILES string of the molecule is CNC(C#N)(COC(C)C(F)(F)F)C1CC1. The van der Waals surface area contributed by atoms with Gasteiger partial charge in [-0.3, -0.25) is 0 Å². The Labute approximate surface area is 92.6 Å². The maximum absolute atomic E-state index is 12.2. The summed E-state index contributed by atoms with van der Waals surface area (Å²) in [6.45, 7) is 0.718. The molecule has 1 aliphatic carbocycles. The Morgan fingerprint density at radius 3 is 2.38 bits per heavy atom. The predicted octanol–water partition coefficient (Wildman–Crippen LogP) is 1.85. The molecule has 92 valence electrons. The maximum atomic E-state index is 12.2. The molecule has 1 N–H and O–H groups in total. The van der Waals surface area contributed by atoms with E-state index in [0.717, 1.165) is 19.8 Å². The summed E-state index contributed by atoms with van der Waals surface area (Å²) in [5.74, 6) is 0.0999. The third kappa shape index (κ3) is 2.86. The summed E-state index contributed by atoms with van der Waals surface area (Å²) >= 11 is 0. The van der Waals surface area contributed by atoms with Crippen LogP contribution in [-0.4, -0.2) is 31.5 Å². The minimum absolute atomic E-state index is 0.0999. The standard InChI is InChI=1S/C10H15F3N2O/c1-7(10(11,12)13)16-6-9(5-14,15-2)8-3-4-8/h7-8,15H,3-4,6H2,1-2H3. The normalized spacial score (nSPS) is 22.2. The van der Waals surface area contributed by atoms with E-state index in [9.17, 15) is 13.2 Å². The van der Waals surface area contributed by atoms with Gasteiger partial charge in [0.25, 0.3) is 0 Å². The lowest BCUT2D eigenvalue weighted by molar-refractivity contribution is -0.217. The molecule has 0 saturated heterocycles. The fourth-order valence-electron chi connectivity index (χ4n) is 1.50. The van der Waals surface area contributed by atoms with Gasteiger partial charge < -0.3 is 10.1 Å². The van der Waals surface area contributed by atoms with E-state index in [4.69, 9.17) is 10.00 Å². The smallest absolute Gasteiger partial charge is 0.366 e. The van der Waals surface area contributed by atoms with Crippen molar-refractivity contribution in [1.29, 1.82) is 5.26 Å². The zero-order valence-corrected chi connectivity index (χ0v) is 9.27. The Balaban J connectivity index is 2.55. The number of hydrogen-bond acceptors (Lipinski definition) is 3. The third-order valence-electron chi connectivity index (χ3n) is 2.94. The molecule has 0 aromatic heterocycles. The topological polar surface area (TPSA) is 45.0 Å². The summed E-state index contributed by atoms with van der Waals surface area (Å²) in [5.41, 5.74) is -0.973. The van der Waals surface area contributed by atoms with Gasteiger partial charge in [0.2, 0.25) is 0 Å². The molecule has 0 bridgehead atoms. The van der Waals surface area contributed by atoms with Crippen LogP contribution < -0.4 is 5.32 Å². The first-order chi connectivity index (χ1) is 7.35. The van der Waals surface area contributed by atoms with Crippen LogP contribution in [0.4, 0.5) is 13.2 Å². The molecule has 2 unspecified atom stereocenters. The fourth-order valence-corrected chi connectivity index (χ4v) is 1.50. The van der Waals surface area contributed by atoms with Crippen LogP contribution in [0.5, 0.6) is 0 Å². The van der Waals surface area contributed by atoms with Gasteiger partial charge in [-0.15, -0.1) is 0 Å². The average molecular weight is 236 g/mol. The minimum atomic E-state index is -4.38. The van der Waals surface area contributed by atoms with Gasteiger partial charge in [-0.25, -0.2) is 0 Å². The molecule has 1 fully saturated rings. The van der Waals surface area contributed by atoms with Gasteiger partial charge in [0.05, 0.1) is 12.7 Å². The molecule has 0 spiro atoms. The first-order valence-corrected chi connectivity index (χ1v) is 5.14. The van der Waals surface area contributed by atoms with Gasteiger partial charge in [0.15, 0.2) is 6.10 Å². The molecular formula is C10H15F3N2O. The lowest BCUT2D eigenvalue weighted by atomic mass is 9.96. The number of alkyl halides is 3. The van der Waals surface area contributed by atoms with Crippen LogP contribution >= 0.6 is 0 Å². The number of likely N-dealkylation sites (N-methyl/N-ethyl adjacent to an activating group) is 1. The first-order valence-electron chi connectivity index (χ1n) is 5.14. The quantitative estimate of drug-likeness (QED) is 0.792. The van der Waals surface area contributed by atoms with Gasteiger partial charge in [0, 0.05) is 0 Å². The van der Waals surface area contributed by atoms with E-state index in [-0.39, 0.29) is 12.5 Å². The highest BCUT2D eigenvalue weighted by molar-refractivity contribution is 5.15. The van der Waals surface area contributed by atoms with Crippen LogP contribution in [0.25, 0.3) is 0 Å². The Hall–Kier alpha value is -0.800. The number of rotatable bonds is 5. The number of nitrogens with zero attached hydrogens (tertiary/aromatic N) is 1. The second-order valence-corrected chi connectivity index (χ2v) is 4.10. The summed E-state index contributed by atoms with van der Waals surface area (Å²) in [6, 6.07) is 2.03. The highest BCUT2D eigenvalue weighted by Gasteiger charge is 2.47. The second-order valence-electron chi connectivity index (χ2n) is 4.10. The van der Waals surface area contributed by atoms with Crippen LogP contribution in [0.2, 0.25) is 0 Å². The lowest BCUT2D eigenvalue weighted by Gasteiger charge is -2.28. The minimum Gasteiger partial charge on any atom is -0.366 e. The van der Waals surface area contributed by atoms with Gasteiger partial charge in [-0.1, -0.05) is 0 Å². The van der Waals surface area contributed by atoms with Crippen molar-refractivity contribution in [2.24, 2.45) is 5.92 Å². The van der Waals surface area contributed by atoms with Crippen molar-refractivity contribution < 1.29 is 17.9 Å². The first kappa shape index (κ1) is 13.3. The van der Waals surface area contributed by atoms with Crippen molar-refractivity contribution in [3.63, 3.8) is 0 Å². The Morgan fingerprint density at radius 2 is 2.06 bits per heavy atom. The molecule has 3 nitrogen and oxygen atoms in total. The summed E-state index contributed by atoms with van der Waals surface area (Å²) in [4.78, 5) is 0. The van der Waals surface area contributed by atoms with Gasteiger partial charge in [0.1, 0.15) is 5.54 Å². The number of nitriles is 1. The molecule has 0 amide bonds. The van der Waals surface area contributed by atoms with E-state index in [1.165, 1.54) is 0 Å². The largest absolute Gasteiger partial charge is 0.414 e. The second kappa shape index (κ2) is 4.60. The summed E-state index contributed by atoms with van der Waals surface area (Å²) in [7, 11) is 1.57. The van der Waals surface area contributed by atoms with Crippen LogP contribution in [0, 0.1) is 17.2 Å². The number of nitrogens with one attached hydrogen (secondary N) is 1. The molecule has 2 atom stereocenters. The predicted molar refractivity (Wildman–Crippen MR) is 51.6 cm³/mol. The molecule has 16 heavy (non-hydrogen) atoms. The molecule has 1 aliphatic rings. The summed E-state index contributed by atoms with van der Waals surface area (Å²) in [5, 5.41) is 11.8. The molecule has 1 rings (SSSR count). The molecule has 0 heterocycles. The number of hydrogen-bond donors (Lipinski definition) is 1. The fraction of sp³-hybridized carbons (Fsp3) is 0.900. The summed E-state index contributed by atoms with van der Waals surface area (Å²) < 4.78 is 41.4. The molecule has 0 radical (unpaired) electrons. The molecule has 1 saturated carbocycles. The van der Waals surface area contributed by atoms with Crippen LogP contribution in [-0.2, 0) is 4.74 Å². The van der Waals surface area contributed by atoms with Crippen molar-refractivity contribution in [3.05, 3.63) is 0 Å². The van der Waals surface area contributed by atoms with E-state index in [2.05, 4.69) is 5.32 Å². The number of halogens is 3. The van der Waals surface area contributed by atoms with E-state index < -0.39 is 17.8 Å². The van der Waals surface area contributed by atoms with Crippen molar-refractivity contribution in [3.8, 4) is 6.07 Å². The van der Waals surface area contributed by atoms with E-state index in [1.54, 1.807) is 7.05 Å². The molecule has 0 aromatic carbocycles. The monoisotopic (exact) mass is 236 g/mol. The highest BCUT2D eigenvalue weighted by atomic mass is 19.4. The molecule has 6 heteroatoms.